The maximum atomic E-state index is 11.9. The van der Waals surface area contributed by atoms with E-state index >= 15 is 0 Å². The number of aliphatic hydroxyl groups is 1. The molecular formula is C13H11ClN2O2. The zero-order valence-electron chi connectivity index (χ0n) is 9.43. The first kappa shape index (κ1) is 12.5. The molecule has 0 fully saturated rings. The smallest absolute Gasteiger partial charge is 0.257 e. The first-order valence-corrected chi connectivity index (χ1v) is 5.70. The van der Waals surface area contributed by atoms with Crippen LogP contribution in [0.2, 0.25) is 5.02 Å². The van der Waals surface area contributed by atoms with Crippen LogP contribution in [-0.2, 0) is 6.61 Å². The van der Waals surface area contributed by atoms with Gasteiger partial charge >= 0.3 is 0 Å². The van der Waals surface area contributed by atoms with Gasteiger partial charge in [0.25, 0.3) is 5.91 Å². The average molecular weight is 263 g/mol. The van der Waals surface area contributed by atoms with Gasteiger partial charge < -0.3 is 10.4 Å². The summed E-state index contributed by atoms with van der Waals surface area (Å²) >= 11 is 5.92. The fraction of sp³-hybridized carbons (Fsp3) is 0.0769. The predicted molar refractivity (Wildman–Crippen MR) is 69.6 cm³/mol. The van der Waals surface area contributed by atoms with Crippen LogP contribution >= 0.6 is 11.6 Å². The van der Waals surface area contributed by atoms with Crippen LogP contribution in [0.4, 0.5) is 5.69 Å². The second-order valence-electron chi connectivity index (χ2n) is 3.63. The van der Waals surface area contributed by atoms with Gasteiger partial charge in [-0.2, -0.15) is 0 Å². The van der Waals surface area contributed by atoms with Crippen molar-refractivity contribution >= 4 is 23.2 Å². The fourth-order valence-electron chi connectivity index (χ4n) is 1.44. The van der Waals surface area contributed by atoms with Crippen LogP contribution in [0.3, 0.4) is 0 Å². The summed E-state index contributed by atoms with van der Waals surface area (Å²) < 4.78 is 0. The minimum atomic E-state index is -0.292. The minimum absolute atomic E-state index is 0.126. The summed E-state index contributed by atoms with van der Waals surface area (Å²) in [6.07, 6.45) is 1.49. The highest BCUT2D eigenvalue weighted by molar-refractivity contribution is 6.34. The molecule has 0 radical (unpaired) electrons. The lowest BCUT2D eigenvalue weighted by Crippen LogP contribution is -2.12. The molecule has 18 heavy (non-hydrogen) atoms. The van der Waals surface area contributed by atoms with Gasteiger partial charge in [-0.3, -0.25) is 9.78 Å². The third kappa shape index (κ3) is 2.85. The number of hydrogen-bond acceptors (Lipinski definition) is 3. The van der Waals surface area contributed by atoms with E-state index in [-0.39, 0.29) is 12.5 Å². The Morgan fingerprint density at radius 3 is 2.67 bits per heavy atom. The number of nitrogens with one attached hydrogen (secondary N) is 1. The monoisotopic (exact) mass is 262 g/mol. The molecule has 2 N–H and O–H groups in total. The van der Waals surface area contributed by atoms with Gasteiger partial charge in [0.05, 0.1) is 34.8 Å². The highest BCUT2D eigenvalue weighted by Gasteiger charge is 2.09. The Bertz CT molecular complexity index is 555. The molecule has 2 rings (SSSR count). The van der Waals surface area contributed by atoms with Crippen LogP contribution in [0.25, 0.3) is 0 Å². The molecule has 0 unspecified atom stereocenters. The molecule has 0 aliphatic carbocycles. The summed E-state index contributed by atoms with van der Waals surface area (Å²) in [4.78, 5) is 15.9. The third-order valence-corrected chi connectivity index (χ3v) is 2.69. The minimum Gasteiger partial charge on any atom is -0.390 e. The van der Waals surface area contributed by atoms with Crippen molar-refractivity contribution in [3.8, 4) is 0 Å². The van der Waals surface area contributed by atoms with E-state index in [0.717, 1.165) is 0 Å². The Kier molecular flexibility index (Phi) is 3.92. The number of aromatic nitrogens is 1. The molecule has 0 aliphatic rings. The van der Waals surface area contributed by atoms with E-state index in [0.29, 0.717) is 22.0 Å². The number of carbonyl (C=O) groups excluding carboxylic acids is 1. The van der Waals surface area contributed by atoms with Gasteiger partial charge in [0.2, 0.25) is 0 Å². The summed E-state index contributed by atoms with van der Waals surface area (Å²) in [5.41, 5.74) is 1.51. The number of pyridine rings is 1. The standard InChI is InChI=1S/C13H11ClN2O2/c14-12-4-2-1-3-11(12)13(18)16-9-5-6-10(8-17)15-7-9/h1-7,17H,8H2,(H,16,18). The van der Waals surface area contributed by atoms with Gasteiger partial charge in [0.15, 0.2) is 0 Å². The van der Waals surface area contributed by atoms with Crippen LogP contribution in [0, 0.1) is 0 Å². The lowest BCUT2D eigenvalue weighted by molar-refractivity contribution is 0.102. The Morgan fingerprint density at radius 1 is 1.28 bits per heavy atom. The van der Waals surface area contributed by atoms with Crippen LogP contribution < -0.4 is 5.32 Å². The third-order valence-electron chi connectivity index (χ3n) is 2.36. The largest absolute Gasteiger partial charge is 0.390 e. The molecule has 5 heteroatoms. The summed E-state index contributed by atoms with van der Waals surface area (Å²) in [6.45, 7) is -0.126. The van der Waals surface area contributed by atoms with E-state index in [9.17, 15) is 4.79 Å². The number of amides is 1. The number of rotatable bonds is 3. The maximum Gasteiger partial charge on any atom is 0.257 e. The van der Waals surface area contributed by atoms with E-state index in [1.165, 1.54) is 6.20 Å². The molecule has 4 nitrogen and oxygen atoms in total. The summed E-state index contributed by atoms with van der Waals surface area (Å²) in [5, 5.41) is 11.9. The molecule has 1 aromatic carbocycles. The normalized spacial score (nSPS) is 10.1. The molecule has 2 aromatic rings. The van der Waals surface area contributed by atoms with Crippen molar-refractivity contribution in [2.45, 2.75) is 6.61 Å². The number of aliphatic hydroxyl groups excluding tert-OH is 1. The number of carbonyl (C=O) groups is 1. The zero-order valence-corrected chi connectivity index (χ0v) is 10.2. The first-order valence-electron chi connectivity index (χ1n) is 5.32. The van der Waals surface area contributed by atoms with Crippen molar-refractivity contribution in [3.05, 3.63) is 58.9 Å². The molecule has 0 bridgehead atoms. The second kappa shape index (κ2) is 5.62. The number of hydrogen-bond donors (Lipinski definition) is 2. The lowest BCUT2D eigenvalue weighted by atomic mass is 10.2. The number of anilines is 1. The van der Waals surface area contributed by atoms with Gasteiger partial charge in [-0.05, 0) is 24.3 Å². The molecule has 0 atom stereocenters. The van der Waals surface area contributed by atoms with Crippen LogP contribution in [0.1, 0.15) is 16.1 Å². The van der Waals surface area contributed by atoms with Crippen LogP contribution in [0.5, 0.6) is 0 Å². The summed E-state index contributed by atoms with van der Waals surface area (Å²) in [5.74, 6) is -0.292. The molecule has 0 aliphatic heterocycles. The number of benzene rings is 1. The van der Waals surface area contributed by atoms with E-state index < -0.39 is 0 Å². The average Bonchev–Trinajstić information content (AvgIpc) is 2.40. The maximum absolute atomic E-state index is 11.9. The Balaban J connectivity index is 2.14. The van der Waals surface area contributed by atoms with E-state index in [2.05, 4.69) is 10.3 Å². The molecular weight excluding hydrogens is 252 g/mol. The van der Waals surface area contributed by atoms with Crippen molar-refractivity contribution in [1.82, 2.24) is 4.98 Å². The second-order valence-corrected chi connectivity index (χ2v) is 4.04. The molecule has 1 amide bonds. The predicted octanol–water partition coefficient (Wildman–Crippen LogP) is 2.48. The van der Waals surface area contributed by atoms with E-state index in [4.69, 9.17) is 16.7 Å². The van der Waals surface area contributed by atoms with Crippen LogP contribution in [-0.4, -0.2) is 16.0 Å². The van der Waals surface area contributed by atoms with E-state index in [1.54, 1.807) is 36.4 Å². The van der Waals surface area contributed by atoms with Gasteiger partial charge in [0, 0.05) is 0 Å². The molecule has 0 saturated heterocycles. The van der Waals surface area contributed by atoms with E-state index in [1.807, 2.05) is 0 Å². The zero-order chi connectivity index (χ0) is 13.0. The summed E-state index contributed by atoms with van der Waals surface area (Å²) in [6, 6.07) is 10.1. The molecule has 1 heterocycles. The van der Waals surface area contributed by atoms with Crippen LogP contribution in [0.15, 0.2) is 42.6 Å². The van der Waals surface area contributed by atoms with Gasteiger partial charge in [0.1, 0.15) is 0 Å². The summed E-state index contributed by atoms with van der Waals surface area (Å²) in [7, 11) is 0. The SMILES string of the molecule is O=C(Nc1ccc(CO)nc1)c1ccccc1Cl. The Hall–Kier alpha value is -1.91. The van der Waals surface area contributed by atoms with Gasteiger partial charge in [-0.15, -0.1) is 0 Å². The Morgan fingerprint density at radius 2 is 2.06 bits per heavy atom. The fourth-order valence-corrected chi connectivity index (χ4v) is 1.66. The topological polar surface area (TPSA) is 62.2 Å². The quantitative estimate of drug-likeness (QED) is 0.893. The van der Waals surface area contributed by atoms with Crippen molar-refractivity contribution in [3.63, 3.8) is 0 Å². The van der Waals surface area contributed by atoms with Gasteiger partial charge in [-0.25, -0.2) is 0 Å². The lowest BCUT2D eigenvalue weighted by Gasteiger charge is -2.06. The molecule has 0 saturated carbocycles. The Labute approximate surface area is 109 Å². The van der Waals surface area contributed by atoms with Gasteiger partial charge in [-0.1, -0.05) is 23.7 Å². The van der Waals surface area contributed by atoms with Crippen molar-refractivity contribution < 1.29 is 9.90 Å². The highest BCUT2D eigenvalue weighted by atomic mass is 35.5. The van der Waals surface area contributed by atoms with Crippen molar-refractivity contribution in [2.75, 3.05) is 5.32 Å². The molecule has 1 aromatic heterocycles. The van der Waals surface area contributed by atoms with Crippen molar-refractivity contribution in [2.24, 2.45) is 0 Å². The molecule has 0 spiro atoms. The van der Waals surface area contributed by atoms with Crippen molar-refractivity contribution in [1.29, 1.82) is 0 Å². The highest BCUT2D eigenvalue weighted by Crippen LogP contribution is 2.16. The number of halogens is 1. The number of nitrogens with zero attached hydrogens (tertiary/aromatic N) is 1. The first-order chi connectivity index (χ1) is 8.70. The molecule has 92 valence electrons.